The van der Waals surface area contributed by atoms with Gasteiger partial charge in [-0.25, -0.2) is 10.2 Å². The van der Waals surface area contributed by atoms with E-state index in [0.29, 0.717) is 6.42 Å². The van der Waals surface area contributed by atoms with Crippen molar-refractivity contribution in [2.75, 3.05) is 6.61 Å². The highest BCUT2D eigenvalue weighted by molar-refractivity contribution is 5.87. The second kappa shape index (κ2) is 10.4. The first-order chi connectivity index (χ1) is 13.8. The first-order valence-electron chi connectivity index (χ1n) is 9.70. The van der Waals surface area contributed by atoms with Gasteiger partial charge in [-0.2, -0.15) is 5.10 Å². The van der Waals surface area contributed by atoms with Crippen LogP contribution in [0.15, 0.2) is 59.7 Å². The molecule has 2 aromatic carbocycles. The van der Waals surface area contributed by atoms with E-state index in [4.69, 9.17) is 4.74 Å². The summed E-state index contributed by atoms with van der Waals surface area (Å²) in [6, 6.07) is 16.7. The van der Waals surface area contributed by atoms with E-state index in [1.54, 1.807) is 13.1 Å². The van der Waals surface area contributed by atoms with Gasteiger partial charge in [-0.05, 0) is 29.0 Å². The Bertz CT molecular complexity index is 825. The minimum atomic E-state index is -0.795. The first kappa shape index (κ1) is 22.1. The average Bonchev–Trinajstić information content (AvgIpc) is 2.68. The van der Waals surface area contributed by atoms with Crippen LogP contribution in [0.25, 0.3) is 0 Å². The zero-order valence-corrected chi connectivity index (χ0v) is 17.4. The number of nitrogens with zero attached hydrogens (tertiary/aromatic N) is 1. The fraction of sp³-hybridized carbons (Fsp3) is 0.348. The van der Waals surface area contributed by atoms with Gasteiger partial charge in [0.1, 0.15) is 6.04 Å². The number of nitrogens with one attached hydrogen (secondary N) is 2. The van der Waals surface area contributed by atoms with Crippen molar-refractivity contribution >= 4 is 18.2 Å². The summed E-state index contributed by atoms with van der Waals surface area (Å²) in [5, 5.41) is 6.62. The number of carbonyl (C=O) groups is 2. The van der Waals surface area contributed by atoms with E-state index in [-0.39, 0.29) is 12.0 Å². The molecular weight excluding hydrogens is 366 g/mol. The number of hydrogen-bond donors (Lipinski definition) is 2. The van der Waals surface area contributed by atoms with Crippen LogP contribution in [0.3, 0.4) is 0 Å². The van der Waals surface area contributed by atoms with E-state index in [1.807, 2.05) is 54.6 Å². The summed E-state index contributed by atoms with van der Waals surface area (Å²) < 4.78 is 4.90. The second-order valence-electron chi connectivity index (χ2n) is 7.71. The highest BCUT2D eigenvalue weighted by Crippen LogP contribution is 2.21. The second-order valence-corrected chi connectivity index (χ2v) is 7.71. The van der Waals surface area contributed by atoms with E-state index < -0.39 is 18.0 Å². The quantitative estimate of drug-likeness (QED) is 0.553. The van der Waals surface area contributed by atoms with Gasteiger partial charge in [-0.3, -0.25) is 4.79 Å². The third kappa shape index (κ3) is 7.41. The van der Waals surface area contributed by atoms with Crippen molar-refractivity contribution in [3.8, 4) is 0 Å². The van der Waals surface area contributed by atoms with Crippen molar-refractivity contribution in [1.82, 2.24) is 10.7 Å². The Hall–Kier alpha value is -3.15. The fourth-order valence-corrected chi connectivity index (χ4v) is 2.69. The Balaban J connectivity index is 2.02. The van der Waals surface area contributed by atoms with Crippen molar-refractivity contribution < 1.29 is 14.3 Å². The van der Waals surface area contributed by atoms with Crippen LogP contribution in [0.2, 0.25) is 0 Å². The molecule has 2 amide bonds. The van der Waals surface area contributed by atoms with Crippen LogP contribution in [-0.2, 0) is 21.4 Å². The molecule has 0 saturated carbocycles. The minimum absolute atomic E-state index is 0.0767. The summed E-state index contributed by atoms with van der Waals surface area (Å²) in [7, 11) is 0. The molecule has 0 unspecified atom stereocenters. The first-order valence-corrected chi connectivity index (χ1v) is 9.70. The Morgan fingerprint density at radius 1 is 1.07 bits per heavy atom. The summed E-state index contributed by atoms with van der Waals surface area (Å²) in [6.45, 7) is 8.40. The molecule has 2 aromatic rings. The van der Waals surface area contributed by atoms with Gasteiger partial charge in [0, 0.05) is 6.42 Å². The van der Waals surface area contributed by atoms with Gasteiger partial charge in [0.15, 0.2) is 0 Å². The summed E-state index contributed by atoms with van der Waals surface area (Å²) in [4.78, 5) is 24.4. The zero-order valence-electron chi connectivity index (χ0n) is 17.4. The molecule has 0 aliphatic carbocycles. The Morgan fingerprint density at radius 3 is 2.31 bits per heavy atom. The van der Waals surface area contributed by atoms with Crippen molar-refractivity contribution in [2.45, 2.75) is 45.6 Å². The van der Waals surface area contributed by atoms with Crippen molar-refractivity contribution in [3.63, 3.8) is 0 Å². The molecule has 2 rings (SSSR count). The van der Waals surface area contributed by atoms with Gasteiger partial charge >= 0.3 is 6.09 Å². The van der Waals surface area contributed by atoms with E-state index in [0.717, 1.165) is 11.1 Å². The van der Waals surface area contributed by atoms with Crippen LogP contribution >= 0.6 is 0 Å². The molecule has 0 spiro atoms. The van der Waals surface area contributed by atoms with Gasteiger partial charge in [0.05, 0.1) is 12.8 Å². The number of ether oxygens (including phenoxy) is 1. The summed E-state index contributed by atoms with van der Waals surface area (Å²) in [6.07, 6.45) is 1.28. The number of carbonyl (C=O) groups excluding carboxylic acids is 2. The number of benzene rings is 2. The number of hydrogen-bond acceptors (Lipinski definition) is 4. The molecule has 2 N–H and O–H groups in total. The number of hydrazone groups is 1. The fourth-order valence-electron chi connectivity index (χ4n) is 2.69. The maximum atomic E-state index is 12.6. The lowest BCUT2D eigenvalue weighted by Gasteiger charge is -2.18. The lowest BCUT2D eigenvalue weighted by molar-refractivity contribution is -0.123. The molecule has 0 bridgehead atoms. The number of rotatable bonds is 7. The van der Waals surface area contributed by atoms with E-state index in [1.165, 1.54) is 5.56 Å². The molecule has 6 heteroatoms. The molecule has 154 valence electrons. The molecule has 6 nitrogen and oxygen atoms in total. The van der Waals surface area contributed by atoms with Crippen LogP contribution in [0, 0.1) is 0 Å². The van der Waals surface area contributed by atoms with Gasteiger partial charge in [0.2, 0.25) is 0 Å². The molecule has 0 fully saturated rings. The Labute approximate surface area is 172 Å². The lowest BCUT2D eigenvalue weighted by atomic mass is 9.87. The summed E-state index contributed by atoms with van der Waals surface area (Å²) in [5.41, 5.74) is 5.60. The van der Waals surface area contributed by atoms with Crippen LogP contribution in [0.4, 0.5) is 4.79 Å². The molecule has 29 heavy (non-hydrogen) atoms. The molecule has 0 radical (unpaired) electrons. The monoisotopic (exact) mass is 395 g/mol. The maximum absolute atomic E-state index is 12.6. The van der Waals surface area contributed by atoms with E-state index >= 15 is 0 Å². The molecule has 0 aliphatic rings. The standard InChI is InChI=1S/C23H29N3O3/c1-5-29-22(28)25-20(15-17-9-7-6-8-10-17)21(27)26-24-16-18-11-13-19(14-12-18)23(2,3)4/h6-14,16,20H,5,15H2,1-4H3,(H,25,28)(H,26,27)/b24-16-/t20-/m0/s1. The van der Waals surface area contributed by atoms with Crippen LogP contribution < -0.4 is 10.7 Å². The molecule has 0 aliphatic heterocycles. The minimum Gasteiger partial charge on any atom is -0.450 e. The molecular formula is C23H29N3O3. The molecule has 1 atom stereocenters. The van der Waals surface area contributed by atoms with Gasteiger partial charge in [0.25, 0.3) is 5.91 Å². The Morgan fingerprint density at radius 2 is 1.72 bits per heavy atom. The lowest BCUT2D eigenvalue weighted by Crippen LogP contribution is -2.47. The predicted molar refractivity (Wildman–Crippen MR) is 115 cm³/mol. The topological polar surface area (TPSA) is 79.8 Å². The van der Waals surface area contributed by atoms with Crippen molar-refractivity contribution in [3.05, 3.63) is 71.3 Å². The number of alkyl carbamates (subject to hydrolysis) is 1. The maximum Gasteiger partial charge on any atom is 0.407 e. The smallest absolute Gasteiger partial charge is 0.407 e. The summed E-state index contributed by atoms with van der Waals surface area (Å²) in [5.74, 6) is -0.413. The highest BCUT2D eigenvalue weighted by atomic mass is 16.5. The summed E-state index contributed by atoms with van der Waals surface area (Å²) >= 11 is 0. The van der Waals surface area contributed by atoms with Crippen LogP contribution in [-0.4, -0.2) is 30.9 Å². The van der Waals surface area contributed by atoms with Gasteiger partial charge < -0.3 is 10.1 Å². The zero-order chi connectivity index (χ0) is 21.3. The van der Waals surface area contributed by atoms with Crippen LogP contribution in [0.1, 0.15) is 44.4 Å². The van der Waals surface area contributed by atoms with Crippen molar-refractivity contribution in [1.29, 1.82) is 0 Å². The largest absolute Gasteiger partial charge is 0.450 e. The third-order valence-corrected chi connectivity index (χ3v) is 4.33. The van der Waals surface area contributed by atoms with Gasteiger partial charge in [-0.15, -0.1) is 0 Å². The van der Waals surface area contributed by atoms with E-state index in [9.17, 15) is 9.59 Å². The molecule has 0 heterocycles. The molecule has 0 aromatic heterocycles. The van der Waals surface area contributed by atoms with Gasteiger partial charge in [-0.1, -0.05) is 75.4 Å². The SMILES string of the molecule is CCOC(=O)N[C@@H](Cc1ccccc1)C(=O)N/N=C\c1ccc(C(C)(C)C)cc1. The van der Waals surface area contributed by atoms with E-state index in [2.05, 4.69) is 36.6 Å². The Kier molecular flexibility index (Phi) is 7.95. The average molecular weight is 396 g/mol. The normalized spacial score (nSPS) is 12.4. The third-order valence-electron chi connectivity index (χ3n) is 4.33. The highest BCUT2D eigenvalue weighted by Gasteiger charge is 2.21. The number of amides is 2. The van der Waals surface area contributed by atoms with Crippen molar-refractivity contribution in [2.24, 2.45) is 5.10 Å². The van der Waals surface area contributed by atoms with Crippen LogP contribution in [0.5, 0.6) is 0 Å². The molecule has 0 saturated heterocycles. The predicted octanol–water partition coefficient (Wildman–Crippen LogP) is 3.79.